The summed E-state index contributed by atoms with van der Waals surface area (Å²) in [5.74, 6) is -2.91. The van der Waals surface area contributed by atoms with Gasteiger partial charge in [0.1, 0.15) is 17.1 Å². The number of hydrogen-bond donors (Lipinski definition) is 2. The van der Waals surface area contributed by atoms with Crippen LogP contribution in [-0.2, 0) is 14.4 Å². The first-order chi connectivity index (χ1) is 13.8. The molecule has 1 saturated heterocycles. The predicted octanol–water partition coefficient (Wildman–Crippen LogP) is 2.51. The third-order valence-corrected chi connectivity index (χ3v) is 4.33. The molecule has 1 atom stereocenters. The number of para-hydroxylation sites is 1. The van der Waals surface area contributed by atoms with Gasteiger partial charge in [0.2, 0.25) is 0 Å². The highest BCUT2D eigenvalue weighted by Gasteiger charge is 2.35. The summed E-state index contributed by atoms with van der Waals surface area (Å²) < 4.78 is 19.4. The van der Waals surface area contributed by atoms with Gasteiger partial charge >= 0.3 is 5.97 Å². The van der Waals surface area contributed by atoms with E-state index in [1.165, 1.54) is 43.3 Å². The van der Waals surface area contributed by atoms with E-state index < -0.39 is 29.7 Å². The molecule has 2 aromatic rings. The standard InChI is InChI=1S/C20H15FN2O5S/c1-11(19(26)27)28-13-8-6-12(7-9-13)10-14-17(24)22-20(29)23(18(14)25)16-5-3-2-4-15(16)21/h2-11H,1H3,(H,26,27)(H,22,24,29). The minimum Gasteiger partial charge on any atom is -0.479 e. The summed E-state index contributed by atoms with van der Waals surface area (Å²) >= 11 is 5.03. The average molecular weight is 414 g/mol. The van der Waals surface area contributed by atoms with E-state index in [1.807, 2.05) is 0 Å². The van der Waals surface area contributed by atoms with Crippen molar-refractivity contribution in [2.75, 3.05) is 4.90 Å². The largest absolute Gasteiger partial charge is 0.479 e. The van der Waals surface area contributed by atoms with Gasteiger partial charge in [0.15, 0.2) is 11.2 Å². The molecule has 0 spiro atoms. The Bertz CT molecular complexity index is 1040. The fourth-order valence-electron chi connectivity index (χ4n) is 2.57. The molecule has 7 nitrogen and oxygen atoms in total. The highest BCUT2D eigenvalue weighted by atomic mass is 32.1. The zero-order valence-electron chi connectivity index (χ0n) is 15.1. The molecule has 3 rings (SSSR count). The zero-order chi connectivity index (χ0) is 21.1. The van der Waals surface area contributed by atoms with E-state index in [0.29, 0.717) is 11.3 Å². The quantitative estimate of drug-likeness (QED) is 0.443. The number of hydrogen-bond acceptors (Lipinski definition) is 5. The fraction of sp³-hybridized carbons (Fsp3) is 0.100. The number of carbonyl (C=O) groups is 3. The summed E-state index contributed by atoms with van der Waals surface area (Å²) in [6, 6.07) is 11.7. The van der Waals surface area contributed by atoms with Crippen molar-refractivity contribution in [2.45, 2.75) is 13.0 Å². The Morgan fingerprint density at radius 3 is 2.48 bits per heavy atom. The number of thiocarbonyl (C=S) groups is 1. The molecule has 0 bridgehead atoms. The lowest BCUT2D eigenvalue weighted by Gasteiger charge is -2.29. The van der Waals surface area contributed by atoms with Crippen molar-refractivity contribution >= 4 is 46.9 Å². The van der Waals surface area contributed by atoms with Crippen LogP contribution in [0.15, 0.2) is 54.1 Å². The number of carbonyl (C=O) groups excluding carboxylic acids is 2. The van der Waals surface area contributed by atoms with Gasteiger partial charge in [-0.15, -0.1) is 0 Å². The maximum atomic E-state index is 14.1. The van der Waals surface area contributed by atoms with Crippen LogP contribution in [0.2, 0.25) is 0 Å². The third-order valence-electron chi connectivity index (χ3n) is 4.05. The summed E-state index contributed by atoms with van der Waals surface area (Å²) in [5, 5.41) is 11.0. The number of carboxylic acid groups (broad SMARTS) is 1. The highest BCUT2D eigenvalue weighted by molar-refractivity contribution is 7.80. The average Bonchev–Trinajstić information content (AvgIpc) is 2.67. The number of nitrogens with zero attached hydrogens (tertiary/aromatic N) is 1. The van der Waals surface area contributed by atoms with Crippen molar-refractivity contribution in [2.24, 2.45) is 0 Å². The monoisotopic (exact) mass is 414 g/mol. The van der Waals surface area contributed by atoms with Crippen LogP contribution in [0.1, 0.15) is 12.5 Å². The first kappa shape index (κ1) is 20.2. The van der Waals surface area contributed by atoms with Crippen LogP contribution in [-0.4, -0.2) is 34.1 Å². The number of carboxylic acids is 1. The van der Waals surface area contributed by atoms with E-state index in [0.717, 1.165) is 4.90 Å². The van der Waals surface area contributed by atoms with Gasteiger partial charge < -0.3 is 9.84 Å². The smallest absolute Gasteiger partial charge is 0.344 e. The number of nitrogens with one attached hydrogen (secondary N) is 1. The maximum absolute atomic E-state index is 14.1. The summed E-state index contributed by atoms with van der Waals surface area (Å²) in [4.78, 5) is 36.9. The molecule has 2 amide bonds. The Morgan fingerprint density at radius 1 is 1.21 bits per heavy atom. The second-order valence-electron chi connectivity index (χ2n) is 6.08. The van der Waals surface area contributed by atoms with Crippen molar-refractivity contribution in [1.82, 2.24) is 5.32 Å². The van der Waals surface area contributed by atoms with Crippen LogP contribution < -0.4 is 15.0 Å². The molecule has 1 fully saturated rings. The second-order valence-corrected chi connectivity index (χ2v) is 6.46. The van der Waals surface area contributed by atoms with Crippen molar-refractivity contribution in [3.05, 3.63) is 65.5 Å². The molecule has 1 aliphatic heterocycles. The normalized spacial score (nSPS) is 16.6. The molecule has 29 heavy (non-hydrogen) atoms. The summed E-state index contributed by atoms with van der Waals surface area (Å²) in [5.41, 5.74) is 0.189. The van der Waals surface area contributed by atoms with Crippen LogP contribution in [0.4, 0.5) is 10.1 Å². The van der Waals surface area contributed by atoms with Crippen molar-refractivity contribution in [3.8, 4) is 5.75 Å². The lowest BCUT2D eigenvalue weighted by Crippen LogP contribution is -2.54. The topological polar surface area (TPSA) is 95.9 Å². The number of halogens is 1. The molecule has 1 unspecified atom stereocenters. The molecule has 1 heterocycles. The Labute approximate surface area is 170 Å². The van der Waals surface area contributed by atoms with Gasteiger partial charge in [-0.3, -0.25) is 14.9 Å². The summed E-state index contributed by atoms with van der Waals surface area (Å²) in [6.07, 6.45) is 0.303. The molecule has 1 aliphatic rings. The number of rotatable bonds is 5. The first-order valence-electron chi connectivity index (χ1n) is 8.43. The van der Waals surface area contributed by atoms with Crippen LogP contribution in [0, 0.1) is 5.82 Å². The van der Waals surface area contributed by atoms with Crippen molar-refractivity contribution < 1.29 is 28.6 Å². The van der Waals surface area contributed by atoms with Gasteiger partial charge in [0.05, 0.1) is 5.69 Å². The zero-order valence-corrected chi connectivity index (χ0v) is 15.9. The second kappa shape index (κ2) is 8.19. The number of anilines is 1. The van der Waals surface area contributed by atoms with Crippen LogP contribution in [0.3, 0.4) is 0 Å². The molecule has 2 aromatic carbocycles. The number of ether oxygens (including phenoxy) is 1. The summed E-state index contributed by atoms with van der Waals surface area (Å²) in [7, 11) is 0. The lowest BCUT2D eigenvalue weighted by molar-refractivity contribution is -0.144. The Morgan fingerprint density at radius 2 is 1.86 bits per heavy atom. The summed E-state index contributed by atoms with van der Waals surface area (Å²) in [6.45, 7) is 1.39. The van der Waals surface area contributed by atoms with E-state index >= 15 is 0 Å². The molecular weight excluding hydrogens is 399 g/mol. The fourth-order valence-corrected chi connectivity index (χ4v) is 2.85. The van der Waals surface area contributed by atoms with Gasteiger partial charge in [0.25, 0.3) is 11.8 Å². The Hall–Kier alpha value is -3.59. The maximum Gasteiger partial charge on any atom is 0.344 e. The minimum absolute atomic E-state index is 0.0696. The van der Waals surface area contributed by atoms with Crippen molar-refractivity contribution in [1.29, 1.82) is 0 Å². The Kier molecular flexibility index (Phi) is 5.69. The number of benzene rings is 2. The highest BCUT2D eigenvalue weighted by Crippen LogP contribution is 2.25. The van der Waals surface area contributed by atoms with E-state index in [4.69, 9.17) is 22.1 Å². The molecular formula is C20H15FN2O5S. The van der Waals surface area contributed by atoms with Gasteiger partial charge in [-0.1, -0.05) is 24.3 Å². The van der Waals surface area contributed by atoms with Gasteiger partial charge in [-0.2, -0.15) is 0 Å². The van der Waals surface area contributed by atoms with Crippen LogP contribution in [0.5, 0.6) is 5.75 Å². The number of aliphatic carboxylic acids is 1. The molecule has 0 aromatic heterocycles. The van der Waals surface area contributed by atoms with E-state index in [1.54, 1.807) is 18.2 Å². The van der Waals surface area contributed by atoms with E-state index in [2.05, 4.69) is 5.32 Å². The molecule has 148 valence electrons. The SMILES string of the molecule is CC(Oc1ccc(C=C2C(=O)NC(=S)N(c3ccccc3F)C2=O)cc1)C(=O)O. The van der Waals surface area contributed by atoms with Crippen LogP contribution >= 0.6 is 12.2 Å². The van der Waals surface area contributed by atoms with E-state index in [9.17, 15) is 18.8 Å². The number of amides is 2. The van der Waals surface area contributed by atoms with E-state index in [-0.39, 0.29) is 16.4 Å². The molecule has 0 radical (unpaired) electrons. The molecule has 0 saturated carbocycles. The van der Waals surface area contributed by atoms with Gasteiger partial charge in [-0.05, 0) is 55.0 Å². The molecule has 0 aliphatic carbocycles. The predicted molar refractivity (Wildman–Crippen MR) is 107 cm³/mol. The molecule has 9 heteroatoms. The van der Waals surface area contributed by atoms with Gasteiger partial charge in [0, 0.05) is 0 Å². The third kappa shape index (κ3) is 4.30. The first-order valence-corrected chi connectivity index (χ1v) is 8.84. The van der Waals surface area contributed by atoms with Gasteiger partial charge in [-0.25, -0.2) is 14.1 Å². The lowest BCUT2D eigenvalue weighted by atomic mass is 10.1. The molecule has 2 N–H and O–H groups in total. The van der Waals surface area contributed by atoms with Crippen LogP contribution in [0.25, 0.3) is 6.08 Å². The Balaban J connectivity index is 1.89. The van der Waals surface area contributed by atoms with Crippen molar-refractivity contribution in [3.63, 3.8) is 0 Å². The minimum atomic E-state index is -1.11.